The Bertz CT molecular complexity index is 382. The third kappa shape index (κ3) is 1.36. The molecule has 2 atom stereocenters. The first kappa shape index (κ1) is 9.41. The number of fused-ring (bicyclic) bond motifs is 1. The lowest BCUT2D eigenvalue weighted by atomic mass is 9.81. The monoisotopic (exact) mass is 190 g/mol. The Morgan fingerprint density at radius 2 is 2.14 bits per heavy atom. The molecule has 0 spiro atoms. The SMILES string of the molecule is Cc1ccc2c(c1)C(=O)C(C)CC2O. The van der Waals surface area contributed by atoms with E-state index in [-0.39, 0.29) is 11.7 Å². The van der Waals surface area contributed by atoms with Crippen LogP contribution in [0, 0.1) is 12.8 Å². The van der Waals surface area contributed by atoms with E-state index in [1.54, 1.807) is 0 Å². The molecule has 2 nitrogen and oxygen atoms in total. The van der Waals surface area contributed by atoms with Crippen LogP contribution in [0.5, 0.6) is 0 Å². The molecule has 2 unspecified atom stereocenters. The van der Waals surface area contributed by atoms with Gasteiger partial charge in [-0.15, -0.1) is 0 Å². The van der Waals surface area contributed by atoms with Crippen LogP contribution in [-0.2, 0) is 0 Å². The summed E-state index contributed by atoms with van der Waals surface area (Å²) in [6.45, 7) is 3.83. The first-order valence-corrected chi connectivity index (χ1v) is 4.92. The summed E-state index contributed by atoms with van der Waals surface area (Å²) in [4.78, 5) is 11.8. The molecule has 0 amide bonds. The van der Waals surface area contributed by atoms with E-state index in [0.717, 1.165) is 11.1 Å². The van der Waals surface area contributed by atoms with Gasteiger partial charge in [-0.1, -0.05) is 24.6 Å². The quantitative estimate of drug-likeness (QED) is 0.681. The van der Waals surface area contributed by atoms with Gasteiger partial charge >= 0.3 is 0 Å². The molecule has 0 heterocycles. The van der Waals surface area contributed by atoms with E-state index in [0.29, 0.717) is 12.0 Å². The third-order valence-electron chi connectivity index (χ3n) is 2.86. The van der Waals surface area contributed by atoms with E-state index in [2.05, 4.69) is 0 Å². The lowest BCUT2D eigenvalue weighted by Gasteiger charge is -2.25. The molecule has 0 bridgehead atoms. The molecule has 1 aliphatic rings. The number of aliphatic hydroxyl groups is 1. The van der Waals surface area contributed by atoms with Gasteiger partial charge in [0.15, 0.2) is 5.78 Å². The summed E-state index contributed by atoms with van der Waals surface area (Å²) in [5.74, 6) is 0.105. The zero-order chi connectivity index (χ0) is 10.3. The summed E-state index contributed by atoms with van der Waals surface area (Å²) in [5, 5.41) is 9.79. The normalized spacial score (nSPS) is 26.1. The number of carbonyl (C=O) groups is 1. The van der Waals surface area contributed by atoms with E-state index in [1.807, 2.05) is 32.0 Å². The number of hydrogen-bond donors (Lipinski definition) is 1. The Kier molecular flexibility index (Phi) is 2.16. The number of Topliss-reactive ketones (excluding diaryl/α,β-unsaturated/α-hetero) is 1. The number of aliphatic hydroxyl groups excluding tert-OH is 1. The Hall–Kier alpha value is -1.15. The maximum absolute atomic E-state index is 11.8. The van der Waals surface area contributed by atoms with Crippen LogP contribution in [0.25, 0.3) is 0 Å². The Labute approximate surface area is 83.6 Å². The van der Waals surface area contributed by atoms with Crippen molar-refractivity contribution in [1.82, 2.24) is 0 Å². The standard InChI is InChI=1S/C12H14O2/c1-7-3-4-9-10(5-7)12(14)8(2)6-11(9)13/h3-5,8,11,13H,6H2,1-2H3. The molecule has 2 rings (SSSR count). The fourth-order valence-corrected chi connectivity index (χ4v) is 2.01. The number of aryl methyl sites for hydroxylation is 1. The number of carbonyl (C=O) groups excluding carboxylic acids is 1. The molecule has 0 saturated heterocycles. The molecule has 1 N–H and O–H groups in total. The van der Waals surface area contributed by atoms with Crippen LogP contribution in [0.15, 0.2) is 18.2 Å². The van der Waals surface area contributed by atoms with Gasteiger partial charge in [0.25, 0.3) is 0 Å². The van der Waals surface area contributed by atoms with Gasteiger partial charge in [0.1, 0.15) is 0 Å². The molecule has 14 heavy (non-hydrogen) atoms. The maximum Gasteiger partial charge on any atom is 0.166 e. The molecule has 0 aliphatic heterocycles. The minimum absolute atomic E-state index is 0.0562. The molecule has 2 heteroatoms. The van der Waals surface area contributed by atoms with Crippen LogP contribution < -0.4 is 0 Å². The highest BCUT2D eigenvalue weighted by atomic mass is 16.3. The van der Waals surface area contributed by atoms with E-state index in [4.69, 9.17) is 0 Å². The number of ketones is 1. The van der Waals surface area contributed by atoms with Crippen molar-refractivity contribution in [2.75, 3.05) is 0 Å². The van der Waals surface area contributed by atoms with Gasteiger partial charge in [0.2, 0.25) is 0 Å². The van der Waals surface area contributed by atoms with Crippen molar-refractivity contribution in [2.45, 2.75) is 26.4 Å². The van der Waals surface area contributed by atoms with Crippen molar-refractivity contribution in [3.63, 3.8) is 0 Å². The topological polar surface area (TPSA) is 37.3 Å². The van der Waals surface area contributed by atoms with Crippen molar-refractivity contribution in [1.29, 1.82) is 0 Å². The van der Waals surface area contributed by atoms with Gasteiger partial charge in [0.05, 0.1) is 6.10 Å². The van der Waals surface area contributed by atoms with Crippen LogP contribution in [-0.4, -0.2) is 10.9 Å². The lowest BCUT2D eigenvalue weighted by molar-refractivity contribution is 0.0795. The molecule has 0 fully saturated rings. The summed E-state index contributed by atoms with van der Waals surface area (Å²) in [6.07, 6.45) is 0.0767. The predicted molar refractivity (Wildman–Crippen MR) is 54.3 cm³/mol. The second-order valence-corrected chi connectivity index (χ2v) is 4.11. The number of hydrogen-bond acceptors (Lipinski definition) is 2. The maximum atomic E-state index is 11.8. The second-order valence-electron chi connectivity index (χ2n) is 4.11. The largest absolute Gasteiger partial charge is 0.388 e. The second kappa shape index (κ2) is 3.21. The van der Waals surface area contributed by atoms with Gasteiger partial charge in [0, 0.05) is 11.5 Å². The van der Waals surface area contributed by atoms with Crippen LogP contribution >= 0.6 is 0 Å². The highest BCUT2D eigenvalue weighted by Crippen LogP contribution is 2.33. The minimum Gasteiger partial charge on any atom is -0.388 e. The zero-order valence-electron chi connectivity index (χ0n) is 8.45. The summed E-state index contributed by atoms with van der Waals surface area (Å²) >= 11 is 0. The summed E-state index contributed by atoms with van der Waals surface area (Å²) in [7, 11) is 0. The minimum atomic E-state index is -0.474. The molecule has 0 radical (unpaired) electrons. The molecular weight excluding hydrogens is 176 g/mol. The highest BCUT2D eigenvalue weighted by molar-refractivity contribution is 6.00. The van der Waals surface area contributed by atoms with Crippen LogP contribution in [0.4, 0.5) is 0 Å². The average Bonchev–Trinajstić information content (AvgIpc) is 2.14. The smallest absolute Gasteiger partial charge is 0.166 e. The average molecular weight is 190 g/mol. The molecule has 0 aromatic heterocycles. The van der Waals surface area contributed by atoms with E-state index < -0.39 is 6.10 Å². The number of benzene rings is 1. The van der Waals surface area contributed by atoms with Crippen molar-refractivity contribution in [2.24, 2.45) is 5.92 Å². The van der Waals surface area contributed by atoms with Crippen LogP contribution in [0.2, 0.25) is 0 Å². The fraction of sp³-hybridized carbons (Fsp3) is 0.417. The zero-order valence-corrected chi connectivity index (χ0v) is 8.45. The Morgan fingerprint density at radius 3 is 2.86 bits per heavy atom. The van der Waals surface area contributed by atoms with Crippen molar-refractivity contribution in [3.05, 3.63) is 34.9 Å². The Balaban J connectivity index is 2.56. The van der Waals surface area contributed by atoms with Gasteiger partial charge in [-0.2, -0.15) is 0 Å². The summed E-state index contributed by atoms with van der Waals surface area (Å²) < 4.78 is 0. The number of rotatable bonds is 0. The molecule has 1 aliphatic carbocycles. The van der Waals surface area contributed by atoms with E-state index in [9.17, 15) is 9.90 Å². The third-order valence-corrected chi connectivity index (χ3v) is 2.86. The summed E-state index contributed by atoms with van der Waals surface area (Å²) in [6, 6.07) is 5.67. The fourth-order valence-electron chi connectivity index (χ4n) is 2.01. The Morgan fingerprint density at radius 1 is 1.43 bits per heavy atom. The molecule has 1 aromatic carbocycles. The van der Waals surface area contributed by atoms with Crippen LogP contribution in [0.3, 0.4) is 0 Å². The van der Waals surface area contributed by atoms with Gasteiger partial charge in [-0.05, 0) is 25.0 Å². The first-order chi connectivity index (χ1) is 6.59. The molecular formula is C12H14O2. The van der Waals surface area contributed by atoms with Gasteiger partial charge in [-0.25, -0.2) is 0 Å². The molecule has 1 aromatic rings. The first-order valence-electron chi connectivity index (χ1n) is 4.92. The van der Waals surface area contributed by atoms with E-state index in [1.165, 1.54) is 0 Å². The van der Waals surface area contributed by atoms with Crippen LogP contribution in [0.1, 0.15) is 40.9 Å². The molecule has 0 saturated carbocycles. The van der Waals surface area contributed by atoms with Crippen molar-refractivity contribution < 1.29 is 9.90 Å². The lowest BCUT2D eigenvalue weighted by Crippen LogP contribution is -2.23. The molecule has 74 valence electrons. The highest BCUT2D eigenvalue weighted by Gasteiger charge is 2.29. The van der Waals surface area contributed by atoms with Gasteiger partial charge in [-0.3, -0.25) is 4.79 Å². The predicted octanol–water partition coefficient (Wildman–Crippen LogP) is 2.25. The van der Waals surface area contributed by atoms with E-state index >= 15 is 0 Å². The van der Waals surface area contributed by atoms with Crippen molar-refractivity contribution >= 4 is 5.78 Å². The summed E-state index contributed by atoms with van der Waals surface area (Å²) in [5.41, 5.74) is 2.56. The van der Waals surface area contributed by atoms with Gasteiger partial charge < -0.3 is 5.11 Å². The van der Waals surface area contributed by atoms with Crippen molar-refractivity contribution in [3.8, 4) is 0 Å².